The summed E-state index contributed by atoms with van der Waals surface area (Å²) in [5.74, 6) is 0.754. The van der Waals surface area contributed by atoms with E-state index in [-0.39, 0.29) is 17.6 Å². The first-order valence-corrected chi connectivity index (χ1v) is 5.03. The van der Waals surface area contributed by atoms with Crippen LogP contribution in [0.5, 0.6) is 0 Å². The van der Waals surface area contributed by atoms with Crippen molar-refractivity contribution in [2.75, 3.05) is 0 Å². The van der Waals surface area contributed by atoms with Gasteiger partial charge in [0.05, 0.1) is 17.1 Å². The molecule has 2 aromatic rings. The highest BCUT2D eigenvalue weighted by Crippen LogP contribution is 2.24. The monoisotopic (exact) mass is 225 g/mol. The van der Waals surface area contributed by atoms with Crippen molar-refractivity contribution in [2.24, 2.45) is 0 Å². The zero-order chi connectivity index (χ0) is 10.8. The SMILES string of the molecule is Cc1nc(-c2ccccc2F)oc1CCl. The Labute approximate surface area is 91.7 Å². The lowest BCUT2D eigenvalue weighted by atomic mass is 10.2. The number of oxazole rings is 1. The molecule has 15 heavy (non-hydrogen) atoms. The van der Waals surface area contributed by atoms with Gasteiger partial charge in [-0.2, -0.15) is 0 Å². The van der Waals surface area contributed by atoms with E-state index in [0.717, 1.165) is 0 Å². The number of rotatable bonds is 2. The van der Waals surface area contributed by atoms with Crippen LogP contribution in [0.4, 0.5) is 4.39 Å². The van der Waals surface area contributed by atoms with E-state index in [1.165, 1.54) is 6.07 Å². The van der Waals surface area contributed by atoms with Crippen LogP contribution in [0, 0.1) is 12.7 Å². The maximum absolute atomic E-state index is 13.4. The number of benzene rings is 1. The maximum Gasteiger partial charge on any atom is 0.229 e. The first kappa shape index (κ1) is 10.2. The fourth-order valence-corrected chi connectivity index (χ4v) is 1.55. The molecule has 0 radical (unpaired) electrons. The van der Waals surface area contributed by atoms with Gasteiger partial charge >= 0.3 is 0 Å². The minimum Gasteiger partial charge on any atom is -0.440 e. The Hall–Kier alpha value is -1.35. The topological polar surface area (TPSA) is 26.0 Å². The Bertz CT molecular complexity index is 481. The summed E-state index contributed by atoms with van der Waals surface area (Å²) in [7, 11) is 0. The quantitative estimate of drug-likeness (QED) is 0.731. The van der Waals surface area contributed by atoms with Crippen LogP contribution >= 0.6 is 11.6 Å². The second kappa shape index (κ2) is 4.03. The Kier molecular flexibility index (Phi) is 2.73. The van der Waals surface area contributed by atoms with Gasteiger partial charge in [0.15, 0.2) is 0 Å². The molecule has 0 saturated heterocycles. The largest absolute Gasteiger partial charge is 0.440 e. The lowest BCUT2D eigenvalue weighted by molar-refractivity contribution is 0.529. The molecule has 0 spiro atoms. The predicted molar refractivity (Wildman–Crippen MR) is 56.2 cm³/mol. The Morgan fingerprint density at radius 1 is 1.40 bits per heavy atom. The van der Waals surface area contributed by atoms with Crippen LogP contribution in [-0.4, -0.2) is 4.98 Å². The zero-order valence-corrected chi connectivity index (χ0v) is 8.88. The molecule has 2 rings (SSSR count). The molecule has 0 aliphatic heterocycles. The molecule has 2 nitrogen and oxygen atoms in total. The molecule has 0 fully saturated rings. The molecule has 4 heteroatoms. The number of nitrogens with zero attached hydrogens (tertiary/aromatic N) is 1. The van der Waals surface area contributed by atoms with Crippen molar-refractivity contribution in [1.82, 2.24) is 4.98 Å². The third-order valence-electron chi connectivity index (χ3n) is 2.12. The maximum atomic E-state index is 13.4. The Balaban J connectivity index is 2.50. The molecule has 1 heterocycles. The number of hydrogen-bond acceptors (Lipinski definition) is 2. The molecule has 0 N–H and O–H groups in total. The zero-order valence-electron chi connectivity index (χ0n) is 8.13. The van der Waals surface area contributed by atoms with Gasteiger partial charge in [-0.15, -0.1) is 11.6 Å². The van der Waals surface area contributed by atoms with Gasteiger partial charge in [0, 0.05) is 0 Å². The standard InChI is InChI=1S/C11H9ClFNO/c1-7-10(6-12)15-11(14-7)8-4-2-3-5-9(8)13/h2-5H,6H2,1H3. The average molecular weight is 226 g/mol. The van der Waals surface area contributed by atoms with Crippen molar-refractivity contribution in [1.29, 1.82) is 0 Å². The highest BCUT2D eigenvalue weighted by atomic mass is 35.5. The predicted octanol–water partition coefficient (Wildman–Crippen LogP) is 3.53. The van der Waals surface area contributed by atoms with E-state index in [1.54, 1.807) is 25.1 Å². The molecule has 0 saturated carbocycles. The second-order valence-electron chi connectivity index (χ2n) is 3.14. The van der Waals surface area contributed by atoms with Crippen molar-refractivity contribution in [3.63, 3.8) is 0 Å². The van der Waals surface area contributed by atoms with E-state index < -0.39 is 0 Å². The van der Waals surface area contributed by atoms with Crippen LogP contribution in [0.15, 0.2) is 28.7 Å². The molecule has 1 aromatic carbocycles. The van der Waals surface area contributed by atoms with Crippen LogP contribution in [0.3, 0.4) is 0 Å². The van der Waals surface area contributed by atoms with Crippen molar-refractivity contribution >= 4 is 11.6 Å². The molecular weight excluding hydrogens is 217 g/mol. The van der Waals surface area contributed by atoms with Crippen molar-refractivity contribution < 1.29 is 8.81 Å². The number of hydrogen-bond donors (Lipinski definition) is 0. The van der Waals surface area contributed by atoms with Crippen LogP contribution in [0.25, 0.3) is 11.5 Å². The molecular formula is C11H9ClFNO. The lowest BCUT2D eigenvalue weighted by Gasteiger charge is -1.95. The fourth-order valence-electron chi connectivity index (χ4n) is 1.30. The first-order valence-electron chi connectivity index (χ1n) is 4.49. The molecule has 0 atom stereocenters. The number of aryl methyl sites for hydroxylation is 1. The summed E-state index contributed by atoms with van der Waals surface area (Å²) in [5.41, 5.74) is 1.06. The van der Waals surface area contributed by atoms with E-state index in [0.29, 0.717) is 17.0 Å². The van der Waals surface area contributed by atoms with Gasteiger partial charge in [-0.05, 0) is 19.1 Å². The minimum atomic E-state index is -0.347. The summed E-state index contributed by atoms with van der Waals surface area (Å²) in [6, 6.07) is 6.35. The van der Waals surface area contributed by atoms with Crippen molar-refractivity contribution in [3.8, 4) is 11.5 Å². The summed E-state index contributed by atoms with van der Waals surface area (Å²) in [4.78, 5) is 4.12. The van der Waals surface area contributed by atoms with Gasteiger partial charge in [-0.1, -0.05) is 12.1 Å². The normalized spacial score (nSPS) is 10.6. The van der Waals surface area contributed by atoms with Gasteiger partial charge < -0.3 is 4.42 Å². The fraction of sp³-hybridized carbons (Fsp3) is 0.182. The van der Waals surface area contributed by atoms with Crippen LogP contribution in [0.2, 0.25) is 0 Å². The van der Waals surface area contributed by atoms with Crippen LogP contribution in [0.1, 0.15) is 11.5 Å². The van der Waals surface area contributed by atoms with E-state index in [2.05, 4.69) is 4.98 Å². The van der Waals surface area contributed by atoms with Crippen molar-refractivity contribution in [2.45, 2.75) is 12.8 Å². The third kappa shape index (κ3) is 1.88. The van der Waals surface area contributed by atoms with E-state index in [1.807, 2.05) is 0 Å². The van der Waals surface area contributed by atoms with E-state index in [4.69, 9.17) is 16.0 Å². The average Bonchev–Trinajstić information content (AvgIpc) is 2.60. The summed E-state index contributed by atoms with van der Waals surface area (Å²) in [5, 5.41) is 0. The summed E-state index contributed by atoms with van der Waals surface area (Å²) in [6.07, 6.45) is 0. The van der Waals surface area contributed by atoms with E-state index >= 15 is 0 Å². The van der Waals surface area contributed by atoms with E-state index in [9.17, 15) is 4.39 Å². The summed E-state index contributed by atoms with van der Waals surface area (Å²) >= 11 is 5.65. The van der Waals surface area contributed by atoms with Crippen LogP contribution < -0.4 is 0 Å². The van der Waals surface area contributed by atoms with Gasteiger partial charge in [0.25, 0.3) is 0 Å². The molecule has 78 valence electrons. The molecule has 0 aliphatic rings. The van der Waals surface area contributed by atoms with Gasteiger partial charge in [-0.25, -0.2) is 9.37 Å². The Morgan fingerprint density at radius 2 is 2.13 bits per heavy atom. The van der Waals surface area contributed by atoms with Gasteiger partial charge in [0.2, 0.25) is 5.89 Å². The summed E-state index contributed by atoms with van der Waals surface area (Å²) < 4.78 is 18.7. The smallest absolute Gasteiger partial charge is 0.229 e. The number of aromatic nitrogens is 1. The van der Waals surface area contributed by atoms with Crippen molar-refractivity contribution in [3.05, 3.63) is 41.5 Å². The summed E-state index contributed by atoms with van der Waals surface area (Å²) in [6.45, 7) is 1.78. The van der Waals surface area contributed by atoms with Gasteiger partial charge in [-0.3, -0.25) is 0 Å². The molecule has 0 aliphatic carbocycles. The number of halogens is 2. The highest BCUT2D eigenvalue weighted by molar-refractivity contribution is 6.16. The molecule has 0 unspecified atom stereocenters. The lowest BCUT2D eigenvalue weighted by Crippen LogP contribution is -1.83. The molecule has 1 aromatic heterocycles. The first-order chi connectivity index (χ1) is 7.22. The number of alkyl halides is 1. The Morgan fingerprint density at radius 3 is 2.73 bits per heavy atom. The van der Waals surface area contributed by atoms with Gasteiger partial charge in [0.1, 0.15) is 11.6 Å². The second-order valence-corrected chi connectivity index (χ2v) is 3.41. The van der Waals surface area contributed by atoms with Crippen LogP contribution in [-0.2, 0) is 5.88 Å². The minimum absolute atomic E-state index is 0.243. The third-order valence-corrected chi connectivity index (χ3v) is 2.36. The molecule has 0 amide bonds. The highest BCUT2D eigenvalue weighted by Gasteiger charge is 2.13. The molecule has 0 bridgehead atoms.